The highest BCUT2D eigenvalue weighted by atomic mass is 32.1. The molecule has 0 saturated carbocycles. The van der Waals surface area contributed by atoms with Crippen LogP contribution in [-0.2, 0) is 22.6 Å². The van der Waals surface area contributed by atoms with Gasteiger partial charge in [-0.25, -0.2) is 4.79 Å². The highest BCUT2D eigenvalue weighted by Gasteiger charge is 2.33. The standard InChI is InChI=1S/C16H15NO4S/c18-15(19)12-8-14-13(6-7-22-14)17(9-12)16(20)21-10-11-4-2-1-3-5-11/h1-7,12H,8-10H2,(H,18,19). The molecular weight excluding hydrogens is 302 g/mol. The van der Waals surface area contributed by atoms with Crippen molar-refractivity contribution in [3.63, 3.8) is 0 Å². The van der Waals surface area contributed by atoms with Crippen molar-refractivity contribution in [1.29, 1.82) is 0 Å². The van der Waals surface area contributed by atoms with E-state index < -0.39 is 18.0 Å². The molecule has 1 amide bonds. The molecule has 0 fully saturated rings. The Labute approximate surface area is 131 Å². The summed E-state index contributed by atoms with van der Waals surface area (Å²) in [4.78, 5) is 25.9. The molecule has 1 aliphatic heterocycles. The first-order chi connectivity index (χ1) is 10.6. The summed E-state index contributed by atoms with van der Waals surface area (Å²) in [6, 6.07) is 11.2. The van der Waals surface area contributed by atoms with Gasteiger partial charge in [0.05, 0.1) is 11.6 Å². The number of hydrogen-bond acceptors (Lipinski definition) is 4. The molecule has 0 spiro atoms. The van der Waals surface area contributed by atoms with Gasteiger partial charge in [0.2, 0.25) is 0 Å². The molecule has 1 atom stereocenters. The van der Waals surface area contributed by atoms with Crippen molar-refractivity contribution >= 4 is 29.1 Å². The molecule has 1 unspecified atom stereocenters. The Hall–Kier alpha value is -2.34. The summed E-state index contributed by atoms with van der Waals surface area (Å²) in [5.74, 6) is -1.48. The molecule has 2 heterocycles. The smallest absolute Gasteiger partial charge is 0.414 e. The molecule has 0 radical (unpaired) electrons. The summed E-state index contributed by atoms with van der Waals surface area (Å²) in [5.41, 5.74) is 1.66. The number of amides is 1. The number of thiophene rings is 1. The highest BCUT2D eigenvalue weighted by molar-refractivity contribution is 7.10. The summed E-state index contributed by atoms with van der Waals surface area (Å²) < 4.78 is 5.32. The van der Waals surface area contributed by atoms with Crippen molar-refractivity contribution in [3.05, 3.63) is 52.2 Å². The van der Waals surface area contributed by atoms with Crippen LogP contribution < -0.4 is 4.90 Å². The summed E-state index contributed by atoms with van der Waals surface area (Å²) in [6.45, 7) is 0.320. The van der Waals surface area contributed by atoms with E-state index in [9.17, 15) is 14.7 Å². The van der Waals surface area contributed by atoms with Gasteiger partial charge in [-0.3, -0.25) is 9.69 Å². The van der Waals surface area contributed by atoms with Gasteiger partial charge in [-0.2, -0.15) is 0 Å². The minimum atomic E-state index is -0.889. The van der Waals surface area contributed by atoms with E-state index in [2.05, 4.69) is 0 Å². The molecule has 1 aliphatic rings. The van der Waals surface area contributed by atoms with Crippen LogP contribution in [0.1, 0.15) is 10.4 Å². The van der Waals surface area contributed by atoms with Gasteiger partial charge in [0.15, 0.2) is 0 Å². The lowest BCUT2D eigenvalue weighted by Gasteiger charge is -2.30. The van der Waals surface area contributed by atoms with E-state index in [1.165, 1.54) is 16.2 Å². The Kier molecular flexibility index (Phi) is 4.11. The van der Waals surface area contributed by atoms with E-state index in [-0.39, 0.29) is 13.2 Å². The van der Waals surface area contributed by atoms with Crippen LogP contribution >= 0.6 is 11.3 Å². The maximum Gasteiger partial charge on any atom is 0.414 e. The number of nitrogens with zero attached hydrogens (tertiary/aromatic N) is 1. The third kappa shape index (κ3) is 2.96. The number of carbonyl (C=O) groups excluding carboxylic acids is 1. The molecule has 5 nitrogen and oxygen atoms in total. The van der Waals surface area contributed by atoms with Crippen LogP contribution in [0.2, 0.25) is 0 Å². The van der Waals surface area contributed by atoms with E-state index in [1.807, 2.05) is 41.8 Å². The summed E-state index contributed by atoms with van der Waals surface area (Å²) in [7, 11) is 0. The number of rotatable bonds is 3. The van der Waals surface area contributed by atoms with Gasteiger partial charge in [0.1, 0.15) is 6.61 Å². The number of carboxylic acid groups (broad SMARTS) is 1. The zero-order valence-electron chi connectivity index (χ0n) is 11.8. The largest absolute Gasteiger partial charge is 0.481 e. The predicted molar refractivity (Wildman–Crippen MR) is 83.1 cm³/mol. The summed E-state index contributed by atoms with van der Waals surface area (Å²) in [6.07, 6.45) is -0.0420. The second kappa shape index (κ2) is 6.19. The summed E-state index contributed by atoms with van der Waals surface area (Å²) in [5, 5.41) is 11.1. The topological polar surface area (TPSA) is 66.8 Å². The van der Waals surface area contributed by atoms with E-state index in [0.29, 0.717) is 6.42 Å². The normalized spacial score (nSPS) is 16.9. The maximum atomic E-state index is 12.3. The number of hydrogen-bond donors (Lipinski definition) is 1. The number of carbonyl (C=O) groups is 2. The molecule has 1 aromatic heterocycles. The lowest BCUT2D eigenvalue weighted by molar-refractivity contribution is -0.141. The third-order valence-electron chi connectivity index (χ3n) is 3.62. The average Bonchev–Trinajstić information content (AvgIpc) is 3.01. The van der Waals surface area contributed by atoms with Gasteiger partial charge in [-0.1, -0.05) is 30.3 Å². The maximum absolute atomic E-state index is 12.3. The molecule has 2 aromatic rings. The van der Waals surface area contributed by atoms with Gasteiger partial charge in [0.25, 0.3) is 0 Å². The Morgan fingerprint density at radius 1 is 1.27 bits per heavy atom. The molecule has 0 saturated heterocycles. The Morgan fingerprint density at radius 3 is 2.77 bits per heavy atom. The van der Waals surface area contributed by atoms with Crippen molar-refractivity contribution in [2.45, 2.75) is 13.0 Å². The minimum absolute atomic E-state index is 0.146. The molecule has 1 aromatic carbocycles. The summed E-state index contributed by atoms with van der Waals surface area (Å²) >= 11 is 1.47. The zero-order chi connectivity index (χ0) is 15.5. The molecule has 0 bridgehead atoms. The van der Waals surface area contributed by atoms with Gasteiger partial charge in [-0.15, -0.1) is 11.3 Å². The second-order valence-electron chi connectivity index (χ2n) is 5.12. The van der Waals surface area contributed by atoms with Crippen LogP contribution in [0, 0.1) is 5.92 Å². The van der Waals surface area contributed by atoms with Crippen molar-refractivity contribution in [3.8, 4) is 0 Å². The van der Waals surface area contributed by atoms with Crippen LogP contribution in [0.15, 0.2) is 41.8 Å². The molecule has 1 N–H and O–H groups in total. The number of anilines is 1. The fourth-order valence-electron chi connectivity index (χ4n) is 2.47. The Balaban J connectivity index is 1.73. The Morgan fingerprint density at radius 2 is 2.05 bits per heavy atom. The van der Waals surface area contributed by atoms with Gasteiger partial charge >= 0.3 is 12.1 Å². The van der Waals surface area contributed by atoms with Gasteiger partial charge in [0, 0.05) is 11.4 Å². The lowest BCUT2D eigenvalue weighted by Crippen LogP contribution is -2.42. The third-order valence-corrected chi connectivity index (χ3v) is 4.55. The first kappa shape index (κ1) is 14.6. The van der Waals surface area contributed by atoms with Gasteiger partial charge in [-0.05, 0) is 23.4 Å². The number of carboxylic acids is 1. The fourth-order valence-corrected chi connectivity index (χ4v) is 3.43. The van der Waals surface area contributed by atoms with Crippen molar-refractivity contribution in [2.75, 3.05) is 11.4 Å². The van der Waals surface area contributed by atoms with Crippen molar-refractivity contribution in [2.24, 2.45) is 5.92 Å². The molecule has 6 heteroatoms. The van der Waals surface area contributed by atoms with Crippen molar-refractivity contribution in [1.82, 2.24) is 0 Å². The van der Waals surface area contributed by atoms with Crippen LogP contribution in [0.3, 0.4) is 0 Å². The number of fused-ring (bicyclic) bond motifs is 1. The van der Waals surface area contributed by atoms with Gasteiger partial charge < -0.3 is 9.84 Å². The number of aliphatic carboxylic acids is 1. The second-order valence-corrected chi connectivity index (χ2v) is 6.12. The molecule has 0 aliphatic carbocycles. The SMILES string of the molecule is O=C(O)C1Cc2sccc2N(C(=O)OCc2ccccc2)C1. The van der Waals surface area contributed by atoms with Crippen LogP contribution in [0.5, 0.6) is 0 Å². The first-order valence-electron chi connectivity index (χ1n) is 6.92. The fraction of sp³-hybridized carbons (Fsp3) is 0.250. The molecule has 114 valence electrons. The van der Waals surface area contributed by atoms with Crippen LogP contribution in [0.25, 0.3) is 0 Å². The molecular formula is C16H15NO4S. The lowest BCUT2D eigenvalue weighted by atomic mass is 9.99. The zero-order valence-corrected chi connectivity index (χ0v) is 12.6. The first-order valence-corrected chi connectivity index (χ1v) is 7.80. The van der Waals surface area contributed by atoms with E-state index >= 15 is 0 Å². The van der Waals surface area contributed by atoms with E-state index in [0.717, 1.165) is 16.1 Å². The minimum Gasteiger partial charge on any atom is -0.481 e. The predicted octanol–water partition coefficient (Wildman–Crippen LogP) is 3.15. The average molecular weight is 317 g/mol. The monoisotopic (exact) mass is 317 g/mol. The highest BCUT2D eigenvalue weighted by Crippen LogP contribution is 2.34. The van der Waals surface area contributed by atoms with Crippen LogP contribution in [-0.4, -0.2) is 23.7 Å². The molecule has 3 rings (SSSR count). The van der Waals surface area contributed by atoms with E-state index in [4.69, 9.17) is 4.74 Å². The number of ether oxygens (including phenoxy) is 1. The molecule has 22 heavy (non-hydrogen) atoms. The Bertz CT molecular complexity index is 682. The number of benzene rings is 1. The quantitative estimate of drug-likeness (QED) is 0.944. The van der Waals surface area contributed by atoms with Crippen molar-refractivity contribution < 1.29 is 19.4 Å². The van der Waals surface area contributed by atoms with Crippen LogP contribution in [0.4, 0.5) is 10.5 Å². The van der Waals surface area contributed by atoms with E-state index in [1.54, 1.807) is 0 Å².